The van der Waals surface area contributed by atoms with Gasteiger partial charge in [-0.1, -0.05) is 49.4 Å². The Kier molecular flexibility index (Phi) is 5.96. The lowest BCUT2D eigenvalue weighted by Gasteiger charge is -2.18. The molecule has 1 aliphatic carbocycles. The highest BCUT2D eigenvalue weighted by atomic mass is 19.4. The summed E-state index contributed by atoms with van der Waals surface area (Å²) in [7, 11) is 0. The first-order valence-electron chi connectivity index (χ1n) is 10.6. The molecule has 1 atom stereocenters. The van der Waals surface area contributed by atoms with E-state index in [9.17, 15) is 23.1 Å². The third-order valence-corrected chi connectivity index (χ3v) is 5.78. The van der Waals surface area contributed by atoms with Gasteiger partial charge in [0.1, 0.15) is 11.5 Å². The lowest BCUT2D eigenvalue weighted by Crippen LogP contribution is -2.16. The molecule has 6 heteroatoms. The zero-order chi connectivity index (χ0) is 22.9. The van der Waals surface area contributed by atoms with Crippen LogP contribution in [0.3, 0.4) is 0 Å². The lowest BCUT2D eigenvalue weighted by molar-refractivity contribution is -0.137. The van der Waals surface area contributed by atoms with E-state index in [4.69, 9.17) is 4.42 Å². The average molecular weight is 440 g/mol. The maximum Gasteiger partial charge on any atom is 0.416 e. The molecular formula is C26H23F3O3. The van der Waals surface area contributed by atoms with Gasteiger partial charge in [0.15, 0.2) is 0 Å². The number of aromatic hydroxyl groups is 1. The fourth-order valence-electron chi connectivity index (χ4n) is 4.05. The molecule has 1 saturated carbocycles. The molecule has 4 rings (SSSR count). The van der Waals surface area contributed by atoms with Crippen molar-refractivity contribution in [2.24, 2.45) is 5.92 Å². The van der Waals surface area contributed by atoms with Crippen LogP contribution in [0.15, 0.2) is 69.9 Å². The molecule has 0 amide bonds. The van der Waals surface area contributed by atoms with E-state index in [0.29, 0.717) is 17.6 Å². The highest BCUT2D eigenvalue weighted by Gasteiger charge is 2.37. The number of benzene rings is 2. The van der Waals surface area contributed by atoms with Crippen molar-refractivity contribution in [1.82, 2.24) is 0 Å². The maximum atomic E-state index is 13.0. The van der Waals surface area contributed by atoms with Crippen molar-refractivity contribution in [2.75, 3.05) is 0 Å². The highest BCUT2D eigenvalue weighted by molar-refractivity contribution is 5.79. The van der Waals surface area contributed by atoms with Gasteiger partial charge in [0.05, 0.1) is 11.1 Å². The molecule has 0 radical (unpaired) electrons. The average Bonchev–Trinajstić information content (AvgIpc) is 3.59. The van der Waals surface area contributed by atoms with Crippen molar-refractivity contribution in [1.29, 1.82) is 0 Å². The van der Waals surface area contributed by atoms with E-state index >= 15 is 0 Å². The van der Waals surface area contributed by atoms with Crippen LogP contribution in [-0.4, -0.2) is 5.11 Å². The summed E-state index contributed by atoms with van der Waals surface area (Å²) < 4.78 is 44.7. The van der Waals surface area contributed by atoms with Crippen LogP contribution in [0, 0.1) is 5.92 Å². The molecule has 1 aromatic heterocycles. The maximum absolute atomic E-state index is 13.0. The van der Waals surface area contributed by atoms with E-state index in [0.717, 1.165) is 30.5 Å². The number of hydrogen-bond acceptors (Lipinski definition) is 3. The molecule has 1 unspecified atom stereocenters. The second-order valence-corrected chi connectivity index (χ2v) is 8.07. The Labute approximate surface area is 183 Å². The van der Waals surface area contributed by atoms with Gasteiger partial charge in [-0.15, -0.1) is 0 Å². The zero-order valence-corrected chi connectivity index (χ0v) is 17.5. The van der Waals surface area contributed by atoms with Crippen LogP contribution < -0.4 is 5.63 Å². The summed E-state index contributed by atoms with van der Waals surface area (Å²) in [4.78, 5) is 13.0. The molecule has 166 valence electrons. The lowest BCUT2D eigenvalue weighted by atomic mass is 9.87. The minimum atomic E-state index is -4.45. The Morgan fingerprint density at radius 3 is 2.44 bits per heavy atom. The minimum absolute atomic E-state index is 0.152. The first kappa shape index (κ1) is 21.9. The van der Waals surface area contributed by atoms with E-state index in [-0.39, 0.29) is 28.9 Å². The Morgan fingerprint density at radius 1 is 1.12 bits per heavy atom. The first-order chi connectivity index (χ1) is 15.3. The van der Waals surface area contributed by atoms with Crippen molar-refractivity contribution in [3.63, 3.8) is 0 Å². The van der Waals surface area contributed by atoms with Crippen LogP contribution in [0.2, 0.25) is 0 Å². The summed E-state index contributed by atoms with van der Waals surface area (Å²) in [5, 5.41) is 10.8. The van der Waals surface area contributed by atoms with Crippen molar-refractivity contribution < 1.29 is 22.7 Å². The van der Waals surface area contributed by atoms with Gasteiger partial charge in [0.25, 0.3) is 0 Å². The predicted molar refractivity (Wildman–Crippen MR) is 117 cm³/mol. The van der Waals surface area contributed by atoms with Gasteiger partial charge in [-0.05, 0) is 60.1 Å². The summed E-state index contributed by atoms with van der Waals surface area (Å²) in [6.45, 7) is 1.81. The third-order valence-electron chi connectivity index (χ3n) is 5.78. The van der Waals surface area contributed by atoms with Gasteiger partial charge < -0.3 is 9.52 Å². The molecule has 2 aromatic carbocycles. The van der Waals surface area contributed by atoms with Gasteiger partial charge in [0.2, 0.25) is 0 Å². The summed E-state index contributed by atoms with van der Waals surface area (Å²) in [5.41, 5.74) is 0.659. The molecule has 0 bridgehead atoms. The first-order valence-corrected chi connectivity index (χ1v) is 10.6. The smallest absolute Gasteiger partial charge is 0.416 e. The monoisotopic (exact) mass is 440 g/mol. The van der Waals surface area contributed by atoms with Crippen LogP contribution in [0.1, 0.15) is 60.1 Å². The molecule has 3 aromatic rings. The Morgan fingerprint density at radius 2 is 1.84 bits per heavy atom. The topological polar surface area (TPSA) is 50.4 Å². The number of rotatable bonds is 6. The van der Waals surface area contributed by atoms with E-state index in [1.165, 1.54) is 12.1 Å². The normalized spacial score (nSPS) is 15.6. The third kappa shape index (κ3) is 4.64. The summed E-state index contributed by atoms with van der Waals surface area (Å²) >= 11 is 0. The largest absolute Gasteiger partial charge is 0.507 e. The van der Waals surface area contributed by atoms with Crippen molar-refractivity contribution in [3.8, 4) is 5.75 Å². The van der Waals surface area contributed by atoms with Crippen LogP contribution >= 0.6 is 0 Å². The van der Waals surface area contributed by atoms with Gasteiger partial charge in [0, 0.05) is 12.0 Å². The second-order valence-electron chi connectivity index (χ2n) is 8.07. The quantitative estimate of drug-likeness (QED) is 0.456. The molecular weight excluding hydrogens is 417 g/mol. The molecule has 1 aliphatic rings. The summed E-state index contributed by atoms with van der Waals surface area (Å²) in [6, 6.07) is 15.9. The molecule has 3 nitrogen and oxygen atoms in total. The Balaban J connectivity index is 1.74. The second kappa shape index (κ2) is 8.69. The summed E-state index contributed by atoms with van der Waals surface area (Å²) in [5.74, 6) is 0.0153. The van der Waals surface area contributed by atoms with E-state index in [2.05, 4.69) is 0 Å². The van der Waals surface area contributed by atoms with Crippen LogP contribution in [0.25, 0.3) is 11.6 Å². The molecule has 1 fully saturated rings. The molecule has 1 heterocycles. The van der Waals surface area contributed by atoms with Crippen LogP contribution in [0.4, 0.5) is 13.2 Å². The van der Waals surface area contributed by atoms with E-state index in [1.807, 2.05) is 30.3 Å². The molecule has 0 saturated heterocycles. The van der Waals surface area contributed by atoms with Gasteiger partial charge >= 0.3 is 11.8 Å². The van der Waals surface area contributed by atoms with E-state index < -0.39 is 17.4 Å². The van der Waals surface area contributed by atoms with Crippen LogP contribution in [-0.2, 0) is 6.18 Å². The van der Waals surface area contributed by atoms with Gasteiger partial charge in [-0.2, -0.15) is 13.2 Å². The number of alkyl halides is 3. The minimum Gasteiger partial charge on any atom is -0.507 e. The Hall–Kier alpha value is -3.28. The van der Waals surface area contributed by atoms with Crippen molar-refractivity contribution >= 4 is 11.6 Å². The summed E-state index contributed by atoms with van der Waals surface area (Å²) in [6.07, 6.45) is -0.561. The number of hydrogen-bond donors (Lipinski definition) is 1. The van der Waals surface area contributed by atoms with Crippen molar-refractivity contribution in [2.45, 2.75) is 38.3 Å². The molecule has 32 heavy (non-hydrogen) atoms. The number of halogens is 3. The Bertz CT molecular complexity index is 1190. The SMILES string of the molecule is CCC(=Cc1cccc(C(F)(F)F)c1)c1cc(O)c(C(c2ccccc2)C2CC2)c(=O)o1. The predicted octanol–water partition coefficient (Wildman–Crippen LogP) is 6.86. The molecule has 0 spiro atoms. The zero-order valence-electron chi connectivity index (χ0n) is 17.5. The fraction of sp³-hybridized carbons (Fsp3) is 0.269. The fourth-order valence-corrected chi connectivity index (χ4v) is 4.05. The van der Waals surface area contributed by atoms with Gasteiger partial charge in [-0.3, -0.25) is 0 Å². The molecule has 0 aliphatic heterocycles. The van der Waals surface area contributed by atoms with Crippen LogP contribution in [0.5, 0.6) is 5.75 Å². The highest BCUT2D eigenvalue weighted by Crippen LogP contribution is 2.47. The molecule has 1 N–H and O–H groups in total. The van der Waals surface area contributed by atoms with Crippen molar-refractivity contribution in [3.05, 3.63) is 99.1 Å². The standard InChI is InChI=1S/C26H23F3O3/c1-2-17(13-16-7-6-10-20(14-16)26(27,28)29)22-15-21(30)24(25(31)32-22)23(19-11-12-19)18-8-4-3-5-9-18/h3-10,13-15,19,23,30H,2,11-12H2,1H3. The van der Waals surface area contributed by atoms with E-state index in [1.54, 1.807) is 19.1 Å². The van der Waals surface area contributed by atoms with Gasteiger partial charge in [-0.25, -0.2) is 4.79 Å². The number of allylic oxidation sites excluding steroid dienone is 1.